The monoisotopic (exact) mass is 670 g/mol. The summed E-state index contributed by atoms with van der Waals surface area (Å²) in [5.74, 6) is 0. The predicted octanol–water partition coefficient (Wildman–Crippen LogP) is 8.29. The van der Waals surface area contributed by atoms with Gasteiger partial charge in [-0.1, -0.05) is 133 Å². The summed E-state index contributed by atoms with van der Waals surface area (Å²) >= 11 is 0. The molecule has 0 radical (unpaired) electrons. The van der Waals surface area contributed by atoms with Crippen molar-refractivity contribution in [3.05, 3.63) is 207 Å². The first kappa shape index (κ1) is 29.4. The molecule has 0 N–H and O–H groups in total. The van der Waals surface area contributed by atoms with Crippen LogP contribution in [-0.2, 0) is 0 Å². The highest BCUT2D eigenvalue weighted by molar-refractivity contribution is 7.20. The molecule has 8 aromatic rings. The van der Waals surface area contributed by atoms with E-state index >= 15 is 0 Å². The third-order valence-electron chi connectivity index (χ3n) is 10.4. The smallest absolute Gasteiger partial charge is 0.179 e. The first-order chi connectivity index (χ1) is 25.3. The van der Waals surface area contributed by atoms with E-state index in [1.807, 2.05) is 0 Å². The van der Waals surface area contributed by atoms with Crippen LogP contribution < -0.4 is 30.8 Å². The highest BCUT2D eigenvalue weighted by Crippen LogP contribution is 2.45. The van der Waals surface area contributed by atoms with E-state index in [4.69, 9.17) is 0 Å². The zero-order chi connectivity index (χ0) is 33.8. The predicted molar refractivity (Wildman–Crippen MR) is 216 cm³/mol. The van der Waals surface area contributed by atoms with E-state index in [2.05, 4.69) is 226 Å². The zero-order valence-electron chi connectivity index (χ0n) is 27.9. The summed E-state index contributed by atoms with van der Waals surface area (Å²) in [5.41, 5.74) is 6.94. The molecule has 0 fully saturated rings. The first-order valence-electron chi connectivity index (χ1n) is 17.5. The Kier molecular flexibility index (Phi) is 6.79. The minimum atomic E-state index is -2.73. The van der Waals surface area contributed by atoms with Gasteiger partial charge in [0.1, 0.15) is 0 Å². The van der Waals surface area contributed by atoms with E-state index in [-0.39, 0.29) is 0 Å². The third-order valence-corrected chi connectivity index (χ3v) is 15.2. The summed E-state index contributed by atoms with van der Waals surface area (Å²) in [4.78, 5) is 0. The number of benzene rings is 7. The van der Waals surface area contributed by atoms with Crippen molar-refractivity contribution in [2.75, 3.05) is 10.0 Å². The fraction of sp³-hybridized carbons (Fsp3) is 0. The number of hydrazine groups is 2. The van der Waals surface area contributed by atoms with Crippen molar-refractivity contribution in [3.63, 3.8) is 0 Å². The Hall–Kier alpha value is -6.56. The van der Waals surface area contributed by atoms with E-state index in [9.17, 15) is 0 Å². The summed E-state index contributed by atoms with van der Waals surface area (Å²) in [6.07, 6.45) is 8.39. The lowest BCUT2D eigenvalue weighted by molar-refractivity contribution is 0.408. The van der Waals surface area contributed by atoms with Crippen LogP contribution in [0.4, 0.5) is 17.1 Å². The van der Waals surface area contributed by atoms with Gasteiger partial charge in [0, 0.05) is 28.9 Å². The van der Waals surface area contributed by atoms with Crippen LogP contribution in [0.25, 0.3) is 27.5 Å². The summed E-state index contributed by atoms with van der Waals surface area (Å²) in [5, 5.41) is 14.6. The van der Waals surface area contributed by atoms with E-state index in [0.29, 0.717) is 0 Å². The number of anilines is 3. The third kappa shape index (κ3) is 4.45. The standard InChI is InChI=1S/C46H34N4Si/c1-5-17-35(18-6-1)49-43-30-27-36(50-45-26-14-13-25-44(45)47-31-15-16-32-48(47)50)33-42(43)41-29-28-40(34-46(41)49)51(37-19-7-2-8-20-37,38-21-9-3-10-22-38)39-23-11-4-12-24-39/h1-34H. The van der Waals surface area contributed by atoms with E-state index in [1.54, 1.807) is 0 Å². The molecular weight excluding hydrogens is 637 g/mol. The Labute approximate surface area is 298 Å². The number of aromatic nitrogens is 1. The van der Waals surface area contributed by atoms with Crippen molar-refractivity contribution < 1.29 is 0 Å². The molecule has 1 aromatic heterocycles. The SMILES string of the molecule is C1=CN2c3ccccc3N(c3ccc4c(c3)c3ccc([Si](c5ccccc5)(c5ccccc5)c5ccccc5)cc3n4-c3ccccc3)N2C=C1. The van der Waals surface area contributed by atoms with E-state index in [1.165, 1.54) is 42.6 Å². The molecule has 0 atom stereocenters. The quantitative estimate of drug-likeness (QED) is 0.131. The second-order valence-corrected chi connectivity index (χ2v) is 16.9. The number of allylic oxidation sites excluding steroid dienone is 2. The number of para-hydroxylation sites is 3. The van der Waals surface area contributed by atoms with Gasteiger partial charge in [0.05, 0.1) is 28.1 Å². The molecule has 4 nitrogen and oxygen atoms in total. The normalized spacial score (nSPS) is 13.6. The topological polar surface area (TPSA) is 14.7 Å². The molecule has 242 valence electrons. The summed E-state index contributed by atoms with van der Waals surface area (Å²) in [6, 6.07) is 67.1. The molecule has 0 aliphatic carbocycles. The van der Waals surface area contributed by atoms with Crippen LogP contribution in [0.2, 0.25) is 0 Å². The van der Waals surface area contributed by atoms with E-state index < -0.39 is 8.07 Å². The number of hydrogen-bond donors (Lipinski definition) is 0. The van der Waals surface area contributed by atoms with Gasteiger partial charge < -0.3 is 4.57 Å². The maximum absolute atomic E-state index is 2.73. The Morgan fingerprint density at radius 3 is 1.59 bits per heavy atom. The van der Waals surface area contributed by atoms with Gasteiger partial charge in [-0.15, -0.1) is 0 Å². The van der Waals surface area contributed by atoms with Crippen LogP contribution >= 0.6 is 0 Å². The lowest BCUT2D eigenvalue weighted by Crippen LogP contribution is -2.74. The van der Waals surface area contributed by atoms with Gasteiger partial charge in [-0.25, -0.2) is 10.0 Å². The zero-order valence-corrected chi connectivity index (χ0v) is 28.9. The number of rotatable bonds is 6. The minimum absolute atomic E-state index is 1.11. The Bertz CT molecular complexity index is 2500. The average Bonchev–Trinajstić information content (AvgIpc) is 3.72. The molecule has 3 heterocycles. The van der Waals surface area contributed by atoms with Crippen LogP contribution in [0.15, 0.2) is 207 Å². The molecule has 0 saturated carbocycles. The highest BCUT2D eigenvalue weighted by Gasteiger charge is 2.42. The van der Waals surface area contributed by atoms with Gasteiger partial charge in [-0.2, -0.15) is 5.12 Å². The molecular formula is C46H34N4Si. The van der Waals surface area contributed by atoms with Crippen molar-refractivity contribution in [1.29, 1.82) is 0 Å². The molecule has 10 rings (SSSR count). The van der Waals surface area contributed by atoms with Crippen molar-refractivity contribution in [2.24, 2.45) is 0 Å². The molecule has 7 aromatic carbocycles. The number of nitrogens with zero attached hydrogens (tertiary/aromatic N) is 4. The fourth-order valence-corrected chi connectivity index (χ4v) is 13.0. The van der Waals surface area contributed by atoms with Crippen molar-refractivity contribution in [1.82, 2.24) is 9.69 Å². The summed E-state index contributed by atoms with van der Waals surface area (Å²) in [7, 11) is -2.73. The summed E-state index contributed by atoms with van der Waals surface area (Å²) < 4.78 is 2.45. The Morgan fingerprint density at radius 1 is 0.373 bits per heavy atom. The van der Waals surface area contributed by atoms with Gasteiger partial charge in [0.25, 0.3) is 0 Å². The van der Waals surface area contributed by atoms with Crippen molar-refractivity contribution in [3.8, 4) is 5.69 Å². The molecule has 0 spiro atoms. The second kappa shape index (κ2) is 11.8. The lowest BCUT2D eigenvalue weighted by atomic mass is 10.1. The van der Waals surface area contributed by atoms with Gasteiger partial charge in [0.2, 0.25) is 0 Å². The molecule has 5 heteroatoms. The molecule has 0 bridgehead atoms. The van der Waals surface area contributed by atoms with Crippen molar-refractivity contribution >= 4 is 67.7 Å². The van der Waals surface area contributed by atoms with Crippen LogP contribution in [0, 0.1) is 0 Å². The molecule has 0 amide bonds. The molecule has 2 aliphatic rings. The lowest BCUT2D eigenvalue weighted by Gasteiger charge is -2.34. The van der Waals surface area contributed by atoms with Crippen LogP contribution in [0.3, 0.4) is 0 Å². The molecule has 0 saturated heterocycles. The maximum Gasteiger partial charge on any atom is 0.179 e. The average molecular weight is 671 g/mol. The number of hydrogen-bond acceptors (Lipinski definition) is 3. The number of fused-ring (bicyclic) bond motifs is 6. The molecule has 51 heavy (non-hydrogen) atoms. The van der Waals surface area contributed by atoms with Crippen LogP contribution in [0.1, 0.15) is 0 Å². The Balaban J connectivity index is 1.26. The van der Waals surface area contributed by atoms with Gasteiger partial charge >= 0.3 is 0 Å². The van der Waals surface area contributed by atoms with Crippen LogP contribution in [0.5, 0.6) is 0 Å². The highest BCUT2D eigenvalue weighted by atomic mass is 28.3. The fourth-order valence-electron chi connectivity index (χ4n) is 8.25. The molecule has 2 aliphatic heterocycles. The van der Waals surface area contributed by atoms with Crippen molar-refractivity contribution in [2.45, 2.75) is 0 Å². The largest absolute Gasteiger partial charge is 0.309 e. The van der Waals surface area contributed by atoms with E-state index in [0.717, 1.165) is 22.7 Å². The maximum atomic E-state index is 2.49. The van der Waals surface area contributed by atoms with Gasteiger partial charge in [-0.05, 0) is 81.4 Å². The molecule has 0 unspecified atom stereocenters. The van der Waals surface area contributed by atoms with Gasteiger partial charge in [0.15, 0.2) is 8.07 Å². The second-order valence-electron chi connectivity index (χ2n) is 13.1. The first-order valence-corrected chi connectivity index (χ1v) is 19.5. The summed E-state index contributed by atoms with van der Waals surface area (Å²) in [6.45, 7) is 0. The van der Waals surface area contributed by atoms with Gasteiger partial charge in [-0.3, -0.25) is 0 Å². The minimum Gasteiger partial charge on any atom is -0.309 e. The van der Waals surface area contributed by atoms with Crippen LogP contribution in [-0.4, -0.2) is 17.8 Å². The Morgan fingerprint density at radius 2 is 0.941 bits per heavy atom.